The Morgan fingerprint density at radius 3 is 2.83 bits per heavy atom. The lowest BCUT2D eigenvalue weighted by atomic mass is 10.2. The van der Waals surface area contributed by atoms with Crippen LogP contribution in [0.25, 0.3) is 0 Å². The van der Waals surface area contributed by atoms with Gasteiger partial charge in [0.25, 0.3) is 0 Å². The molecule has 5 nitrogen and oxygen atoms in total. The molecule has 0 fully saturated rings. The van der Waals surface area contributed by atoms with Gasteiger partial charge in [-0.3, -0.25) is 0 Å². The molecule has 0 saturated heterocycles. The second kappa shape index (κ2) is 5.86. The first-order chi connectivity index (χ1) is 8.83. The van der Waals surface area contributed by atoms with Gasteiger partial charge in [-0.15, -0.1) is 0 Å². The molecule has 0 atom stereocenters. The molecule has 0 aliphatic carbocycles. The zero-order chi connectivity index (χ0) is 12.8. The normalized spacial score (nSPS) is 9.89. The van der Waals surface area contributed by atoms with Gasteiger partial charge in [0.15, 0.2) is 0 Å². The van der Waals surface area contributed by atoms with E-state index in [1.54, 1.807) is 20.4 Å². The maximum absolute atomic E-state index is 5.29. The molecular formula is C13H16N4O. The van der Waals surface area contributed by atoms with Crippen molar-refractivity contribution in [1.29, 1.82) is 0 Å². The van der Waals surface area contributed by atoms with Gasteiger partial charge in [0.2, 0.25) is 5.95 Å². The zero-order valence-electron chi connectivity index (χ0n) is 10.5. The van der Waals surface area contributed by atoms with Crippen LogP contribution in [0.5, 0.6) is 5.75 Å². The van der Waals surface area contributed by atoms with E-state index in [0.717, 1.165) is 17.1 Å². The molecule has 0 aliphatic heterocycles. The third kappa shape index (κ3) is 2.88. The fourth-order valence-electron chi connectivity index (χ4n) is 1.61. The number of para-hydroxylation sites is 1. The van der Waals surface area contributed by atoms with E-state index in [1.165, 1.54) is 0 Å². The van der Waals surface area contributed by atoms with Crippen molar-refractivity contribution < 1.29 is 4.74 Å². The topological polar surface area (TPSA) is 59.1 Å². The molecule has 0 unspecified atom stereocenters. The zero-order valence-corrected chi connectivity index (χ0v) is 10.5. The summed E-state index contributed by atoms with van der Waals surface area (Å²) in [7, 11) is 3.46. The standard InChI is InChI=1S/C13H16N4O/c1-14-13-15-8-7-12(17-13)16-9-10-5-3-4-6-11(10)18-2/h3-8H,9H2,1-2H3,(H2,14,15,16,17). The van der Waals surface area contributed by atoms with Gasteiger partial charge in [-0.05, 0) is 12.1 Å². The molecule has 18 heavy (non-hydrogen) atoms. The molecule has 0 amide bonds. The minimum atomic E-state index is 0.597. The van der Waals surface area contributed by atoms with E-state index in [0.29, 0.717) is 12.5 Å². The molecule has 0 spiro atoms. The summed E-state index contributed by atoms with van der Waals surface area (Å²) in [6.45, 7) is 0.657. The van der Waals surface area contributed by atoms with Gasteiger partial charge in [-0.25, -0.2) is 4.98 Å². The lowest BCUT2D eigenvalue weighted by Crippen LogP contribution is -2.05. The van der Waals surface area contributed by atoms with Crippen LogP contribution in [-0.4, -0.2) is 24.1 Å². The number of methoxy groups -OCH3 is 1. The number of hydrogen-bond donors (Lipinski definition) is 2. The number of rotatable bonds is 5. The summed E-state index contributed by atoms with van der Waals surface area (Å²) in [4.78, 5) is 8.35. The molecule has 2 N–H and O–H groups in total. The quantitative estimate of drug-likeness (QED) is 0.843. The van der Waals surface area contributed by atoms with Crippen molar-refractivity contribution >= 4 is 11.8 Å². The predicted octanol–water partition coefficient (Wildman–Crippen LogP) is 2.14. The van der Waals surface area contributed by atoms with E-state index < -0.39 is 0 Å². The van der Waals surface area contributed by atoms with Gasteiger partial charge in [0.05, 0.1) is 7.11 Å². The number of aromatic nitrogens is 2. The van der Waals surface area contributed by atoms with Crippen molar-refractivity contribution in [3.8, 4) is 5.75 Å². The summed E-state index contributed by atoms with van der Waals surface area (Å²) in [5.74, 6) is 2.24. The number of ether oxygens (including phenoxy) is 1. The van der Waals surface area contributed by atoms with Crippen LogP contribution in [0.1, 0.15) is 5.56 Å². The van der Waals surface area contributed by atoms with Crippen LogP contribution >= 0.6 is 0 Å². The molecule has 1 heterocycles. The Hall–Kier alpha value is -2.30. The third-order valence-electron chi connectivity index (χ3n) is 2.53. The average molecular weight is 244 g/mol. The molecular weight excluding hydrogens is 228 g/mol. The largest absolute Gasteiger partial charge is 0.496 e. The SMILES string of the molecule is CNc1nccc(NCc2ccccc2OC)n1. The molecule has 1 aromatic heterocycles. The summed E-state index contributed by atoms with van der Waals surface area (Å²) in [5.41, 5.74) is 1.09. The Kier molecular flexibility index (Phi) is 3.96. The second-order valence-corrected chi connectivity index (χ2v) is 3.68. The van der Waals surface area contributed by atoms with Crippen molar-refractivity contribution in [3.63, 3.8) is 0 Å². The maximum atomic E-state index is 5.29. The van der Waals surface area contributed by atoms with E-state index in [9.17, 15) is 0 Å². The van der Waals surface area contributed by atoms with Crippen molar-refractivity contribution in [2.45, 2.75) is 6.54 Å². The molecule has 5 heteroatoms. The van der Waals surface area contributed by atoms with E-state index in [1.807, 2.05) is 30.3 Å². The number of anilines is 2. The van der Waals surface area contributed by atoms with Gasteiger partial charge in [-0.2, -0.15) is 4.98 Å². The monoisotopic (exact) mass is 244 g/mol. The fourth-order valence-corrected chi connectivity index (χ4v) is 1.61. The van der Waals surface area contributed by atoms with Gasteiger partial charge in [0.1, 0.15) is 11.6 Å². The highest BCUT2D eigenvalue weighted by Gasteiger charge is 2.02. The first-order valence-electron chi connectivity index (χ1n) is 5.70. The van der Waals surface area contributed by atoms with Crippen molar-refractivity contribution in [2.24, 2.45) is 0 Å². The number of benzene rings is 1. The maximum Gasteiger partial charge on any atom is 0.224 e. The highest BCUT2D eigenvalue weighted by Crippen LogP contribution is 2.18. The van der Waals surface area contributed by atoms with E-state index in [4.69, 9.17) is 4.74 Å². The van der Waals surface area contributed by atoms with Crippen LogP contribution in [0.2, 0.25) is 0 Å². The van der Waals surface area contributed by atoms with Crippen LogP contribution < -0.4 is 15.4 Å². The van der Waals surface area contributed by atoms with Crippen LogP contribution in [0, 0.1) is 0 Å². The Bertz CT molecular complexity index is 516. The summed E-state index contributed by atoms with van der Waals surface area (Å²) in [5, 5.41) is 6.14. The third-order valence-corrected chi connectivity index (χ3v) is 2.53. The molecule has 0 bridgehead atoms. The lowest BCUT2D eigenvalue weighted by molar-refractivity contribution is 0.410. The van der Waals surface area contributed by atoms with Crippen LogP contribution in [0.15, 0.2) is 36.5 Å². The molecule has 0 radical (unpaired) electrons. The Morgan fingerprint density at radius 1 is 1.22 bits per heavy atom. The summed E-state index contributed by atoms with van der Waals surface area (Å²) in [6.07, 6.45) is 1.71. The highest BCUT2D eigenvalue weighted by molar-refractivity contribution is 5.42. The molecule has 0 saturated carbocycles. The second-order valence-electron chi connectivity index (χ2n) is 3.68. The Labute approximate surface area is 106 Å². The first kappa shape index (κ1) is 12.2. The Balaban J connectivity index is 2.06. The summed E-state index contributed by atoms with van der Waals surface area (Å²) >= 11 is 0. The molecule has 2 aromatic rings. The van der Waals surface area contributed by atoms with E-state index in [2.05, 4.69) is 20.6 Å². The number of nitrogens with one attached hydrogen (secondary N) is 2. The van der Waals surface area contributed by atoms with Crippen LogP contribution in [-0.2, 0) is 6.54 Å². The predicted molar refractivity (Wildman–Crippen MR) is 71.9 cm³/mol. The van der Waals surface area contributed by atoms with Gasteiger partial charge in [-0.1, -0.05) is 18.2 Å². The van der Waals surface area contributed by atoms with Gasteiger partial charge < -0.3 is 15.4 Å². The van der Waals surface area contributed by atoms with Gasteiger partial charge >= 0.3 is 0 Å². The molecule has 1 aromatic carbocycles. The van der Waals surface area contributed by atoms with Crippen molar-refractivity contribution in [3.05, 3.63) is 42.1 Å². The summed E-state index contributed by atoms with van der Waals surface area (Å²) in [6, 6.07) is 9.73. The first-order valence-corrected chi connectivity index (χ1v) is 5.70. The number of hydrogen-bond acceptors (Lipinski definition) is 5. The van der Waals surface area contributed by atoms with Crippen LogP contribution in [0.3, 0.4) is 0 Å². The minimum absolute atomic E-state index is 0.597. The fraction of sp³-hybridized carbons (Fsp3) is 0.231. The van der Waals surface area contributed by atoms with Gasteiger partial charge in [0, 0.05) is 25.4 Å². The smallest absolute Gasteiger partial charge is 0.224 e. The van der Waals surface area contributed by atoms with Crippen molar-refractivity contribution in [1.82, 2.24) is 9.97 Å². The minimum Gasteiger partial charge on any atom is -0.496 e. The number of nitrogens with zero attached hydrogens (tertiary/aromatic N) is 2. The summed E-state index contributed by atoms with van der Waals surface area (Å²) < 4.78 is 5.29. The van der Waals surface area contributed by atoms with Crippen LogP contribution in [0.4, 0.5) is 11.8 Å². The average Bonchev–Trinajstić information content (AvgIpc) is 2.45. The van der Waals surface area contributed by atoms with E-state index in [-0.39, 0.29) is 0 Å². The molecule has 0 aliphatic rings. The highest BCUT2D eigenvalue weighted by atomic mass is 16.5. The molecule has 94 valence electrons. The molecule has 2 rings (SSSR count). The Morgan fingerprint density at radius 2 is 2.06 bits per heavy atom. The lowest BCUT2D eigenvalue weighted by Gasteiger charge is -2.10. The van der Waals surface area contributed by atoms with E-state index >= 15 is 0 Å². The van der Waals surface area contributed by atoms with Crippen molar-refractivity contribution in [2.75, 3.05) is 24.8 Å².